The van der Waals surface area contributed by atoms with Crippen molar-refractivity contribution >= 4 is 43.5 Å². The van der Waals surface area contributed by atoms with Crippen molar-refractivity contribution in [3.63, 3.8) is 0 Å². The molecule has 0 atom stereocenters. The Hall–Kier alpha value is -3.51. The molecule has 2 aromatic carbocycles. The molecule has 0 bridgehead atoms. The first-order valence-electron chi connectivity index (χ1n) is 9.21. The molecule has 0 aliphatic carbocycles. The second-order valence-electron chi connectivity index (χ2n) is 6.95. The third-order valence-electron chi connectivity index (χ3n) is 4.78. The van der Waals surface area contributed by atoms with Crippen LogP contribution in [0.15, 0.2) is 65.3 Å². The van der Waals surface area contributed by atoms with Gasteiger partial charge in [-0.1, -0.05) is 35.6 Å². The fraction of sp³-hybridized carbons (Fsp3) is 0.0870. The summed E-state index contributed by atoms with van der Waals surface area (Å²) in [7, 11) is 0. The van der Waals surface area contributed by atoms with Gasteiger partial charge in [0.1, 0.15) is 5.69 Å². The molecule has 5 nitrogen and oxygen atoms in total. The minimum absolute atomic E-state index is 0.218. The van der Waals surface area contributed by atoms with Crippen LogP contribution in [0, 0.1) is 13.8 Å². The highest BCUT2D eigenvalue weighted by molar-refractivity contribution is 7.22. The average molecular weight is 399 g/mol. The number of para-hydroxylation sites is 1. The summed E-state index contributed by atoms with van der Waals surface area (Å²) >= 11 is 1.48. The van der Waals surface area contributed by atoms with E-state index in [9.17, 15) is 4.79 Å². The quantitative estimate of drug-likeness (QED) is 0.406. The first kappa shape index (κ1) is 17.6. The van der Waals surface area contributed by atoms with Crippen LogP contribution in [0.3, 0.4) is 0 Å². The maximum atomic E-state index is 13.2. The third-order valence-corrected chi connectivity index (χ3v) is 5.70. The number of fused-ring (bicyclic) bond motifs is 2. The number of anilines is 1. The molecule has 6 heteroatoms. The van der Waals surface area contributed by atoms with Crippen molar-refractivity contribution in [2.24, 2.45) is 0 Å². The molecule has 0 aliphatic heterocycles. The van der Waals surface area contributed by atoms with Crippen LogP contribution < -0.4 is 5.32 Å². The van der Waals surface area contributed by atoms with Crippen LogP contribution in [0.2, 0.25) is 0 Å². The molecule has 0 fully saturated rings. The fourth-order valence-corrected chi connectivity index (χ4v) is 4.54. The van der Waals surface area contributed by atoms with Crippen molar-refractivity contribution in [2.75, 3.05) is 5.32 Å². The van der Waals surface area contributed by atoms with Gasteiger partial charge in [-0.15, -0.1) is 0 Å². The summed E-state index contributed by atoms with van der Waals surface area (Å²) in [5.41, 5.74) is 5.10. The Labute approximate surface area is 171 Å². The number of carbonyl (C=O) groups is 1. The maximum absolute atomic E-state index is 13.2. The number of thiazole rings is 1. The molecule has 0 aliphatic rings. The van der Waals surface area contributed by atoms with E-state index in [0.717, 1.165) is 26.7 Å². The van der Waals surface area contributed by atoms with Crippen LogP contribution in [0.1, 0.15) is 21.5 Å². The molecule has 0 saturated carbocycles. The number of amides is 1. The van der Waals surface area contributed by atoms with Gasteiger partial charge in [-0.2, -0.15) is 0 Å². The number of aryl methyl sites for hydroxylation is 2. The maximum Gasteiger partial charge on any atom is 0.258 e. The smallest absolute Gasteiger partial charge is 0.258 e. The Kier molecular flexibility index (Phi) is 4.14. The Morgan fingerprint density at radius 1 is 1.03 bits per heavy atom. The van der Waals surface area contributed by atoms with E-state index in [1.54, 1.807) is 18.4 Å². The van der Waals surface area contributed by atoms with Crippen molar-refractivity contribution in [3.05, 3.63) is 77.6 Å². The van der Waals surface area contributed by atoms with Gasteiger partial charge in [-0.25, -0.2) is 9.97 Å². The molecule has 0 saturated heterocycles. The molecular formula is C23H17N3O2S. The number of hydrogen-bond donors (Lipinski definition) is 1. The number of nitrogens with one attached hydrogen (secondary N) is 1. The van der Waals surface area contributed by atoms with Crippen LogP contribution in [-0.2, 0) is 0 Å². The molecule has 5 aromatic rings. The number of nitrogens with zero attached hydrogens (tertiary/aromatic N) is 2. The number of rotatable bonds is 3. The van der Waals surface area contributed by atoms with Crippen LogP contribution in [0.5, 0.6) is 0 Å². The molecule has 0 unspecified atom stereocenters. The SMILES string of the molecule is Cc1cc(C)c2nc(NC(=O)c3cc(-c4ccco4)nc4ccccc34)sc2c1. The third kappa shape index (κ3) is 3.17. The second-order valence-corrected chi connectivity index (χ2v) is 7.98. The molecule has 142 valence electrons. The van der Waals surface area contributed by atoms with E-state index in [0.29, 0.717) is 22.1 Å². The topological polar surface area (TPSA) is 68.0 Å². The fourth-order valence-electron chi connectivity index (χ4n) is 3.50. The van der Waals surface area contributed by atoms with Crippen LogP contribution in [0.25, 0.3) is 32.6 Å². The highest BCUT2D eigenvalue weighted by Gasteiger charge is 2.17. The van der Waals surface area contributed by atoms with Gasteiger partial charge in [0.25, 0.3) is 5.91 Å². The van der Waals surface area contributed by atoms with Gasteiger partial charge in [0.15, 0.2) is 10.9 Å². The molecule has 1 N–H and O–H groups in total. The van der Waals surface area contributed by atoms with E-state index >= 15 is 0 Å². The summed E-state index contributed by atoms with van der Waals surface area (Å²) in [6, 6.07) is 17.2. The first-order chi connectivity index (χ1) is 14.1. The van der Waals surface area contributed by atoms with Gasteiger partial charge in [-0.05, 0) is 55.3 Å². The lowest BCUT2D eigenvalue weighted by Crippen LogP contribution is -2.13. The summed E-state index contributed by atoms with van der Waals surface area (Å²) in [6.07, 6.45) is 1.59. The number of carbonyl (C=O) groups excluding carboxylic acids is 1. The molecule has 0 radical (unpaired) electrons. The number of pyridine rings is 1. The lowest BCUT2D eigenvalue weighted by Gasteiger charge is -2.08. The molecule has 29 heavy (non-hydrogen) atoms. The Morgan fingerprint density at radius 3 is 2.72 bits per heavy atom. The van der Waals surface area contributed by atoms with Gasteiger partial charge >= 0.3 is 0 Å². The van der Waals surface area contributed by atoms with E-state index < -0.39 is 0 Å². The molecule has 1 amide bonds. The standard InChI is InChI=1S/C23H17N3O2S/c1-13-10-14(2)21-20(11-13)29-23(25-21)26-22(27)16-12-18(19-8-5-9-28-19)24-17-7-4-3-6-15(16)17/h3-12H,1-2H3,(H,25,26,27). The molecule has 3 heterocycles. The lowest BCUT2D eigenvalue weighted by atomic mass is 10.1. The van der Waals surface area contributed by atoms with Gasteiger partial charge in [-0.3, -0.25) is 10.1 Å². The Bertz CT molecular complexity index is 1370. The first-order valence-corrected chi connectivity index (χ1v) is 10.0. The summed E-state index contributed by atoms with van der Waals surface area (Å²) in [6.45, 7) is 4.09. The van der Waals surface area contributed by atoms with E-state index in [-0.39, 0.29) is 5.91 Å². The molecule has 3 aromatic heterocycles. The van der Waals surface area contributed by atoms with Gasteiger partial charge in [0, 0.05) is 5.39 Å². The lowest BCUT2D eigenvalue weighted by molar-refractivity contribution is 0.102. The minimum Gasteiger partial charge on any atom is -0.463 e. The predicted octanol–water partition coefficient (Wildman–Crippen LogP) is 5.97. The minimum atomic E-state index is -0.218. The van der Waals surface area contributed by atoms with E-state index in [4.69, 9.17) is 4.42 Å². The summed E-state index contributed by atoms with van der Waals surface area (Å²) in [5.74, 6) is 0.403. The second kappa shape index (κ2) is 6.83. The monoisotopic (exact) mass is 399 g/mol. The zero-order valence-corrected chi connectivity index (χ0v) is 16.7. The van der Waals surface area contributed by atoms with Crippen molar-refractivity contribution in [1.82, 2.24) is 9.97 Å². The van der Waals surface area contributed by atoms with E-state index in [1.165, 1.54) is 16.9 Å². The largest absolute Gasteiger partial charge is 0.463 e. The molecular weight excluding hydrogens is 382 g/mol. The average Bonchev–Trinajstić information content (AvgIpc) is 3.37. The van der Waals surface area contributed by atoms with Crippen molar-refractivity contribution in [1.29, 1.82) is 0 Å². The zero-order chi connectivity index (χ0) is 20.0. The van der Waals surface area contributed by atoms with E-state index in [1.807, 2.05) is 37.3 Å². The summed E-state index contributed by atoms with van der Waals surface area (Å²) in [4.78, 5) is 22.4. The van der Waals surface area contributed by atoms with Gasteiger partial charge < -0.3 is 4.42 Å². The predicted molar refractivity (Wildman–Crippen MR) is 116 cm³/mol. The van der Waals surface area contributed by atoms with Gasteiger partial charge in [0.05, 0.1) is 27.6 Å². The summed E-state index contributed by atoms with van der Waals surface area (Å²) < 4.78 is 6.54. The number of aromatic nitrogens is 2. The van der Waals surface area contributed by atoms with Crippen molar-refractivity contribution < 1.29 is 9.21 Å². The highest BCUT2D eigenvalue weighted by atomic mass is 32.1. The Balaban J connectivity index is 1.58. The van der Waals surface area contributed by atoms with Crippen LogP contribution in [-0.4, -0.2) is 15.9 Å². The Morgan fingerprint density at radius 2 is 1.90 bits per heavy atom. The van der Waals surface area contributed by atoms with Crippen molar-refractivity contribution in [3.8, 4) is 11.5 Å². The van der Waals surface area contributed by atoms with Crippen molar-refractivity contribution in [2.45, 2.75) is 13.8 Å². The van der Waals surface area contributed by atoms with Crippen LogP contribution >= 0.6 is 11.3 Å². The number of hydrogen-bond acceptors (Lipinski definition) is 5. The van der Waals surface area contributed by atoms with Crippen LogP contribution in [0.4, 0.5) is 5.13 Å². The molecule has 0 spiro atoms. The van der Waals surface area contributed by atoms with Gasteiger partial charge in [0.2, 0.25) is 0 Å². The summed E-state index contributed by atoms with van der Waals surface area (Å²) in [5, 5.41) is 4.34. The number of benzene rings is 2. The zero-order valence-electron chi connectivity index (χ0n) is 15.9. The highest BCUT2D eigenvalue weighted by Crippen LogP contribution is 2.31. The normalized spacial score (nSPS) is 11.2. The molecule has 5 rings (SSSR count). The number of furan rings is 1. The van der Waals surface area contributed by atoms with E-state index in [2.05, 4.69) is 34.3 Å².